The summed E-state index contributed by atoms with van der Waals surface area (Å²) in [6, 6.07) is 137. The van der Waals surface area contributed by atoms with Crippen molar-refractivity contribution in [3.05, 3.63) is 393 Å². The molecule has 0 aliphatic rings. The van der Waals surface area contributed by atoms with Gasteiger partial charge >= 0.3 is 7.69 Å². The van der Waals surface area contributed by atoms with E-state index in [4.69, 9.17) is 31.2 Å². The minimum atomic E-state index is 0.652. The SMILES string of the molecule is Brc1cc2c(ccc3c4ccccc4oc32)c2c1oc1ccccc12.O[B]Oc1c2ccccc2c(-c2ccc(-c3ccc4oc5ccccc5c4c3)c3ccccc23)c2ccccc12.c1ccc2c(c1)oc1ccc(-c3ccc(-c4c5ccccc5c(-c5cc6c(ccc7c8ccccc8oc76)c6c5oc5ccccc56)c5ccccc45)c4ccccc34)cc12. The lowest BCUT2D eigenvalue weighted by Crippen LogP contribution is -2.02. The molecule has 0 aliphatic heterocycles. The number of rotatable bonds is 7. The third kappa shape index (κ3) is 10.9. The fourth-order valence-corrected chi connectivity index (χ4v) is 21.0. The molecule has 6 aromatic heterocycles. The normalized spacial score (nSPS) is 12.0. The van der Waals surface area contributed by atoms with Gasteiger partial charge in [0.25, 0.3) is 0 Å². The molecule has 0 atom stereocenters. The van der Waals surface area contributed by atoms with Gasteiger partial charge in [-0.15, -0.1) is 0 Å². The molecule has 0 amide bonds. The first kappa shape index (κ1) is 71.7. The maximum absolute atomic E-state index is 9.56. The van der Waals surface area contributed by atoms with Gasteiger partial charge in [-0.2, -0.15) is 0 Å². The van der Waals surface area contributed by atoms with E-state index in [1.165, 1.54) is 65.3 Å². The van der Waals surface area contributed by atoms with Gasteiger partial charge in [-0.3, -0.25) is 0 Å². The summed E-state index contributed by atoms with van der Waals surface area (Å²) in [5, 5.41) is 41.0. The van der Waals surface area contributed by atoms with Crippen molar-refractivity contribution in [2.75, 3.05) is 0 Å². The molecule has 587 valence electrons. The molecule has 1 N–H and O–H groups in total. The van der Waals surface area contributed by atoms with Crippen molar-refractivity contribution in [2.45, 2.75) is 0 Å². The summed E-state index contributed by atoms with van der Waals surface area (Å²) in [5.74, 6) is 0.652. The van der Waals surface area contributed by atoms with Crippen LogP contribution < -0.4 is 4.65 Å². The second-order valence-electron chi connectivity index (χ2n) is 32.5. The lowest BCUT2D eigenvalue weighted by molar-refractivity contribution is 0.459. The van der Waals surface area contributed by atoms with E-state index in [0.717, 1.165) is 220 Å². The zero-order valence-corrected chi connectivity index (χ0v) is 68.8. The monoisotopic (exact) mass is 1680 g/mol. The predicted molar refractivity (Wildman–Crippen MR) is 527 cm³/mol. The standard InChI is InChI=1S/C58H32O3.C36H22BO3.C22H11BrO2/c1-2-14-36-35(13-1)34(33-25-30-53-47(31-33)38-16-8-10-22-50(38)59-53)26-27-43(36)54-39-17-3-5-19-41(39)55(42-20-6-4-18-40(42)54)49-32-48-44(56-46-21-9-12-24-52(46)61-58(49)56)28-29-45-37-15-7-11-23-51(37)60-57(45)48;38-37-40-36-30-14-5-3-12-27(30)35(28-13-4-6-15-31(28)36)29-19-18-23(24-9-1-2-10-25(24)29)22-17-20-34-32(21-22)26-11-7-8-16-33(26)39-34;23-17-11-16-13(20-15-6-2-4-8-19(15)25-22(17)20)9-10-14-12-5-1-3-7-18(12)24-21(14)16/h1-32H;1-21,38H;1-11H. The second kappa shape index (κ2) is 28.3. The fraction of sp³-hybridized carbons (Fsp3) is 0. The Kier molecular flexibility index (Phi) is 16.1. The number of fused-ring (bicyclic) bond motifs is 30. The van der Waals surface area contributed by atoms with Crippen LogP contribution in [0.15, 0.2) is 419 Å². The summed E-state index contributed by atoms with van der Waals surface area (Å²) in [6.07, 6.45) is 0. The molecular formula is C116H65BBrO8. The largest absolute Gasteiger partial charge is 0.569 e. The van der Waals surface area contributed by atoms with Crippen LogP contribution in [0, 0.1) is 0 Å². The van der Waals surface area contributed by atoms with Gasteiger partial charge < -0.3 is 36.2 Å². The van der Waals surface area contributed by atoms with Crippen LogP contribution in [0.4, 0.5) is 0 Å². The third-order valence-electron chi connectivity index (χ3n) is 25.9. The number of para-hydroxylation sites is 6. The molecule has 22 aromatic carbocycles. The van der Waals surface area contributed by atoms with Crippen molar-refractivity contribution in [3.8, 4) is 61.4 Å². The molecule has 6 heterocycles. The Bertz CT molecular complexity index is 9390. The van der Waals surface area contributed by atoms with Crippen LogP contribution in [0.3, 0.4) is 0 Å². The first-order chi connectivity index (χ1) is 62.4. The Morgan fingerprint density at radius 1 is 0.190 bits per heavy atom. The number of benzene rings is 22. The second-order valence-corrected chi connectivity index (χ2v) is 33.4. The molecule has 0 unspecified atom stereocenters. The van der Waals surface area contributed by atoms with Crippen LogP contribution in [0.5, 0.6) is 5.75 Å². The first-order valence-electron chi connectivity index (χ1n) is 42.3. The highest BCUT2D eigenvalue weighted by atomic mass is 79.9. The maximum Gasteiger partial charge on any atom is 0.569 e. The highest BCUT2D eigenvalue weighted by molar-refractivity contribution is 9.10. The fourth-order valence-electron chi connectivity index (χ4n) is 20.5. The van der Waals surface area contributed by atoms with Gasteiger partial charge in [0.2, 0.25) is 0 Å². The van der Waals surface area contributed by atoms with Gasteiger partial charge in [-0.25, -0.2) is 0 Å². The molecule has 0 spiro atoms. The van der Waals surface area contributed by atoms with E-state index in [0.29, 0.717) is 5.75 Å². The molecular weight excluding hydrogens is 1610 g/mol. The van der Waals surface area contributed by atoms with Gasteiger partial charge in [0.1, 0.15) is 72.7 Å². The van der Waals surface area contributed by atoms with Gasteiger partial charge in [0, 0.05) is 97.3 Å². The lowest BCUT2D eigenvalue weighted by Gasteiger charge is -2.20. The van der Waals surface area contributed by atoms with Gasteiger partial charge in [0.05, 0.1) is 4.47 Å². The summed E-state index contributed by atoms with van der Waals surface area (Å²) < 4.78 is 44.9. The van der Waals surface area contributed by atoms with E-state index in [-0.39, 0.29) is 0 Å². The third-order valence-corrected chi connectivity index (χ3v) is 26.5. The Morgan fingerprint density at radius 2 is 0.468 bits per heavy atom. The molecule has 1 radical (unpaired) electrons. The van der Waals surface area contributed by atoms with E-state index < -0.39 is 0 Å². The van der Waals surface area contributed by atoms with E-state index >= 15 is 0 Å². The number of hydrogen-bond acceptors (Lipinski definition) is 8. The van der Waals surface area contributed by atoms with E-state index in [1.807, 2.05) is 103 Å². The van der Waals surface area contributed by atoms with Gasteiger partial charge in [-0.05, 0) is 210 Å². The Balaban J connectivity index is 0.000000111. The van der Waals surface area contributed by atoms with E-state index in [1.54, 1.807) is 0 Å². The lowest BCUT2D eigenvalue weighted by atomic mass is 9.83. The molecule has 0 bridgehead atoms. The van der Waals surface area contributed by atoms with Crippen molar-refractivity contribution in [1.82, 2.24) is 0 Å². The van der Waals surface area contributed by atoms with Crippen LogP contribution in [-0.4, -0.2) is 12.7 Å². The smallest absolute Gasteiger partial charge is 0.537 e. The molecule has 8 nitrogen and oxygen atoms in total. The predicted octanol–water partition coefficient (Wildman–Crippen LogP) is 33.7. The number of halogens is 1. The topological polar surface area (TPSA) is 108 Å². The van der Waals surface area contributed by atoms with E-state index in [9.17, 15) is 5.02 Å². The summed E-state index contributed by atoms with van der Waals surface area (Å²) in [5.41, 5.74) is 22.3. The van der Waals surface area contributed by atoms with E-state index in [2.05, 4.69) is 301 Å². The quantitative estimate of drug-likeness (QED) is 0.124. The molecule has 28 rings (SSSR count). The minimum Gasteiger partial charge on any atom is -0.537 e. The Hall–Kier alpha value is -16.0. The minimum absolute atomic E-state index is 0.652. The van der Waals surface area contributed by atoms with Crippen LogP contribution in [0.1, 0.15) is 0 Å². The van der Waals surface area contributed by atoms with Crippen molar-refractivity contribution < 1.29 is 36.2 Å². The number of furan rings is 6. The molecule has 0 fully saturated rings. The first-order valence-corrected chi connectivity index (χ1v) is 43.1. The molecule has 126 heavy (non-hydrogen) atoms. The zero-order valence-electron chi connectivity index (χ0n) is 67.2. The van der Waals surface area contributed by atoms with Crippen molar-refractivity contribution >= 4 is 241 Å². The van der Waals surface area contributed by atoms with Crippen LogP contribution in [-0.2, 0) is 0 Å². The molecule has 0 saturated heterocycles. The number of hydrogen-bond donors (Lipinski definition) is 1. The van der Waals surface area contributed by atoms with Crippen LogP contribution in [0.2, 0.25) is 0 Å². The van der Waals surface area contributed by atoms with Gasteiger partial charge in [-0.1, -0.05) is 303 Å². The molecule has 28 aromatic rings. The summed E-state index contributed by atoms with van der Waals surface area (Å²) in [7, 11) is 0.762. The Morgan fingerprint density at radius 3 is 0.881 bits per heavy atom. The maximum atomic E-state index is 9.56. The van der Waals surface area contributed by atoms with Gasteiger partial charge in [0.15, 0.2) is 0 Å². The van der Waals surface area contributed by atoms with Crippen LogP contribution >= 0.6 is 15.9 Å². The summed E-state index contributed by atoms with van der Waals surface area (Å²) in [6.45, 7) is 0. The van der Waals surface area contributed by atoms with Crippen LogP contribution in [0.25, 0.3) is 273 Å². The summed E-state index contributed by atoms with van der Waals surface area (Å²) >= 11 is 3.69. The average Bonchev–Trinajstić information content (AvgIpc) is 1.41. The highest BCUT2D eigenvalue weighted by Crippen LogP contribution is 2.54. The Labute approximate surface area is 726 Å². The zero-order chi connectivity index (χ0) is 82.9. The molecule has 0 aliphatic carbocycles. The highest BCUT2D eigenvalue weighted by Gasteiger charge is 2.28. The van der Waals surface area contributed by atoms with Crippen molar-refractivity contribution in [1.29, 1.82) is 0 Å². The molecule has 0 saturated carbocycles. The van der Waals surface area contributed by atoms with Crippen molar-refractivity contribution in [3.63, 3.8) is 0 Å². The average molecular weight is 1680 g/mol. The summed E-state index contributed by atoms with van der Waals surface area (Å²) in [4.78, 5) is 0. The van der Waals surface area contributed by atoms with Crippen molar-refractivity contribution in [2.24, 2.45) is 0 Å². The molecule has 10 heteroatoms.